The molecule has 1 heterocycles. The van der Waals surface area contributed by atoms with E-state index in [1.165, 1.54) is 12.8 Å². The predicted octanol–water partition coefficient (Wildman–Crippen LogP) is 1.48. The van der Waals surface area contributed by atoms with E-state index in [9.17, 15) is 0 Å². The molecule has 0 bridgehead atoms. The molecule has 1 N–H and O–H groups in total. The van der Waals surface area contributed by atoms with Crippen molar-refractivity contribution in [3.05, 3.63) is 23.8 Å². The smallest absolute Gasteiger partial charge is 0.0724 e. The summed E-state index contributed by atoms with van der Waals surface area (Å²) in [6.45, 7) is 3.56. The van der Waals surface area contributed by atoms with Gasteiger partial charge in [0, 0.05) is 31.8 Å². The van der Waals surface area contributed by atoms with Gasteiger partial charge in [-0.15, -0.1) is 0 Å². The highest BCUT2D eigenvalue weighted by atomic mass is 16.5. The monoisotopic (exact) mass is 221 g/mol. The largest absolute Gasteiger partial charge is 0.383 e. The Morgan fingerprint density at radius 1 is 1.44 bits per heavy atom. The van der Waals surface area contributed by atoms with Gasteiger partial charge in [0.25, 0.3) is 0 Å². The van der Waals surface area contributed by atoms with Gasteiger partial charge in [-0.05, 0) is 19.8 Å². The maximum atomic E-state index is 5.05. The lowest BCUT2D eigenvalue weighted by atomic mass is 10.3. The summed E-state index contributed by atoms with van der Waals surface area (Å²) < 4.78 is 5.05. The van der Waals surface area contributed by atoms with Gasteiger partial charge in [0.1, 0.15) is 0 Å². The second-order valence-corrected chi connectivity index (χ2v) is 4.44. The zero-order valence-electron chi connectivity index (χ0n) is 9.94. The van der Waals surface area contributed by atoms with E-state index in [4.69, 9.17) is 4.74 Å². The molecule has 0 radical (unpaired) electrons. The van der Waals surface area contributed by atoms with E-state index < -0.39 is 0 Å². The molecular weight excluding hydrogens is 202 g/mol. The SMILES string of the molecule is COCC(C)NCc1cnc(C2CC2)cn1. The Hall–Kier alpha value is -1.00. The van der Waals surface area contributed by atoms with Crippen LogP contribution >= 0.6 is 0 Å². The van der Waals surface area contributed by atoms with Crippen LogP contribution in [0, 0.1) is 0 Å². The molecule has 4 nitrogen and oxygen atoms in total. The molecule has 1 saturated carbocycles. The van der Waals surface area contributed by atoms with E-state index >= 15 is 0 Å². The number of hydrogen-bond acceptors (Lipinski definition) is 4. The van der Waals surface area contributed by atoms with Crippen LogP contribution in [0.15, 0.2) is 12.4 Å². The molecule has 1 fully saturated rings. The fourth-order valence-corrected chi connectivity index (χ4v) is 1.63. The summed E-state index contributed by atoms with van der Waals surface area (Å²) in [6.07, 6.45) is 6.34. The molecule has 1 aliphatic rings. The molecule has 0 saturated heterocycles. The van der Waals surface area contributed by atoms with Crippen LogP contribution in [0.2, 0.25) is 0 Å². The van der Waals surface area contributed by atoms with Crippen molar-refractivity contribution in [2.24, 2.45) is 0 Å². The Bertz CT molecular complexity index is 322. The van der Waals surface area contributed by atoms with Gasteiger partial charge in [-0.3, -0.25) is 9.97 Å². The Morgan fingerprint density at radius 2 is 2.25 bits per heavy atom. The summed E-state index contributed by atoms with van der Waals surface area (Å²) in [5.41, 5.74) is 2.14. The second-order valence-electron chi connectivity index (χ2n) is 4.44. The maximum Gasteiger partial charge on any atom is 0.0724 e. The number of ether oxygens (including phenoxy) is 1. The quantitative estimate of drug-likeness (QED) is 0.790. The van der Waals surface area contributed by atoms with Crippen molar-refractivity contribution in [3.63, 3.8) is 0 Å². The first-order chi connectivity index (χ1) is 7.79. The molecule has 0 amide bonds. The van der Waals surface area contributed by atoms with Gasteiger partial charge >= 0.3 is 0 Å². The van der Waals surface area contributed by atoms with Crippen molar-refractivity contribution in [2.75, 3.05) is 13.7 Å². The summed E-state index contributed by atoms with van der Waals surface area (Å²) in [7, 11) is 1.71. The number of methoxy groups -OCH3 is 1. The Kier molecular flexibility index (Phi) is 3.85. The zero-order chi connectivity index (χ0) is 11.4. The average Bonchev–Trinajstić information content (AvgIpc) is 3.11. The molecular formula is C12H19N3O. The molecule has 1 aromatic rings. The molecule has 0 aromatic carbocycles. The van der Waals surface area contributed by atoms with E-state index in [1.807, 2.05) is 12.4 Å². The van der Waals surface area contributed by atoms with Gasteiger partial charge in [0.2, 0.25) is 0 Å². The van der Waals surface area contributed by atoms with Gasteiger partial charge in [-0.2, -0.15) is 0 Å². The third-order valence-corrected chi connectivity index (χ3v) is 2.77. The standard InChI is InChI=1S/C12H19N3O/c1-9(8-16-2)13-5-11-6-15-12(7-14-11)10-3-4-10/h6-7,9-10,13H,3-5,8H2,1-2H3. The number of nitrogens with one attached hydrogen (secondary N) is 1. The third kappa shape index (κ3) is 3.25. The maximum absolute atomic E-state index is 5.05. The van der Waals surface area contributed by atoms with Gasteiger partial charge in [-0.25, -0.2) is 0 Å². The minimum Gasteiger partial charge on any atom is -0.383 e. The zero-order valence-corrected chi connectivity index (χ0v) is 9.94. The van der Waals surface area contributed by atoms with Crippen LogP contribution in [0.5, 0.6) is 0 Å². The minimum absolute atomic E-state index is 0.343. The molecule has 2 rings (SSSR count). The highest BCUT2D eigenvalue weighted by molar-refractivity contribution is 5.12. The molecule has 1 aromatic heterocycles. The Balaban J connectivity index is 1.80. The fourth-order valence-electron chi connectivity index (χ4n) is 1.63. The number of aromatic nitrogens is 2. The number of nitrogens with zero attached hydrogens (tertiary/aromatic N) is 2. The van der Waals surface area contributed by atoms with E-state index in [0.29, 0.717) is 18.6 Å². The summed E-state index contributed by atoms with van der Waals surface area (Å²) in [5, 5.41) is 3.34. The van der Waals surface area contributed by atoms with Gasteiger partial charge in [0.05, 0.1) is 24.2 Å². The topological polar surface area (TPSA) is 47.0 Å². The highest BCUT2D eigenvalue weighted by Crippen LogP contribution is 2.38. The molecule has 1 unspecified atom stereocenters. The molecule has 0 aliphatic heterocycles. The molecule has 1 atom stereocenters. The van der Waals surface area contributed by atoms with Crippen LogP contribution in [0.3, 0.4) is 0 Å². The molecule has 88 valence electrons. The average molecular weight is 221 g/mol. The first-order valence-corrected chi connectivity index (χ1v) is 5.82. The van der Waals surface area contributed by atoms with E-state index in [1.54, 1.807) is 7.11 Å². The molecule has 0 spiro atoms. The van der Waals surface area contributed by atoms with Gasteiger partial charge in [-0.1, -0.05) is 0 Å². The summed E-state index contributed by atoms with van der Waals surface area (Å²) in [6, 6.07) is 0.343. The fraction of sp³-hybridized carbons (Fsp3) is 0.667. The van der Waals surface area contributed by atoms with Crippen molar-refractivity contribution in [2.45, 2.75) is 38.3 Å². The molecule has 16 heavy (non-hydrogen) atoms. The highest BCUT2D eigenvalue weighted by Gasteiger charge is 2.24. The molecule has 1 aliphatic carbocycles. The first kappa shape index (κ1) is 11.5. The first-order valence-electron chi connectivity index (χ1n) is 5.82. The van der Waals surface area contributed by atoms with Crippen molar-refractivity contribution in [1.82, 2.24) is 15.3 Å². The lowest BCUT2D eigenvalue weighted by Crippen LogP contribution is -2.29. The van der Waals surface area contributed by atoms with E-state index in [-0.39, 0.29) is 0 Å². The van der Waals surface area contributed by atoms with Crippen molar-refractivity contribution < 1.29 is 4.74 Å². The van der Waals surface area contributed by atoms with Gasteiger partial charge < -0.3 is 10.1 Å². The van der Waals surface area contributed by atoms with E-state index in [0.717, 1.165) is 17.9 Å². The Morgan fingerprint density at radius 3 is 2.81 bits per heavy atom. The Labute approximate surface area is 96.4 Å². The van der Waals surface area contributed by atoms with Crippen LogP contribution in [0.25, 0.3) is 0 Å². The number of rotatable bonds is 6. The summed E-state index contributed by atoms with van der Waals surface area (Å²) in [4.78, 5) is 8.84. The van der Waals surface area contributed by atoms with Gasteiger partial charge in [0.15, 0.2) is 0 Å². The van der Waals surface area contributed by atoms with Crippen molar-refractivity contribution >= 4 is 0 Å². The van der Waals surface area contributed by atoms with Crippen LogP contribution in [0.1, 0.15) is 37.1 Å². The minimum atomic E-state index is 0.343. The molecule has 4 heteroatoms. The lowest BCUT2D eigenvalue weighted by Gasteiger charge is -2.11. The van der Waals surface area contributed by atoms with Crippen LogP contribution in [-0.2, 0) is 11.3 Å². The second kappa shape index (κ2) is 5.37. The normalized spacial score (nSPS) is 17.4. The van der Waals surface area contributed by atoms with Crippen molar-refractivity contribution in [3.8, 4) is 0 Å². The summed E-state index contributed by atoms with van der Waals surface area (Å²) >= 11 is 0. The predicted molar refractivity (Wildman–Crippen MR) is 62.2 cm³/mol. The van der Waals surface area contributed by atoms with Crippen LogP contribution in [-0.4, -0.2) is 29.7 Å². The van der Waals surface area contributed by atoms with E-state index in [2.05, 4.69) is 22.2 Å². The van der Waals surface area contributed by atoms with Crippen molar-refractivity contribution in [1.29, 1.82) is 0 Å². The van der Waals surface area contributed by atoms with Crippen LogP contribution < -0.4 is 5.32 Å². The third-order valence-electron chi connectivity index (χ3n) is 2.77. The lowest BCUT2D eigenvalue weighted by molar-refractivity contribution is 0.171. The van der Waals surface area contributed by atoms with Crippen LogP contribution in [0.4, 0.5) is 0 Å². The number of hydrogen-bond donors (Lipinski definition) is 1. The summed E-state index contributed by atoms with van der Waals surface area (Å²) in [5.74, 6) is 0.682.